The first-order chi connectivity index (χ1) is 11.3. The number of aryl methyl sites for hydroxylation is 1. The SMILES string of the molecule is Cc1nn(C(C)C)c(C)c1NC(=O)NCc1nccn1CC(C)C. The number of nitrogens with one attached hydrogen (secondary N) is 2. The summed E-state index contributed by atoms with van der Waals surface area (Å²) in [4.78, 5) is 16.5. The highest BCUT2D eigenvalue weighted by Gasteiger charge is 2.16. The van der Waals surface area contributed by atoms with Crippen LogP contribution in [-0.2, 0) is 13.1 Å². The van der Waals surface area contributed by atoms with E-state index in [1.54, 1.807) is 6.20 Å². The Balaban J connectivity index is 1.99. The van der Waals surface area contributed by atoms with Crippen LogP contribution in [0.3, 0.4) is 0 Å². The van der Waals surface area contributed by atoms with Crippen LogP contribution in [0.2, 0.25) is 0 Å². The first-order valence-electron chi connectivity index (χ1n) is 8.40. The van der Waals surface area contributed by atoms with Gasteiger partial charge in [-0.2, -0.15) is 5.10 Å². The predicted molar refractivity (Wildman–Crippen MR) is 95.0 cm³/mol. The van der Waals surface area contributed by atoms with Crippen LogP contribution in [0.4, 0.5) is 10.5 Å². The Hall–Kier alpha value is -2.31. The van der Waals surface area contributed by atoms with Gasteiger partial charge < -0.3 is 15.2 Å². The number of hydrogen-bond donors (Lipinski definition) is 2. The summed E-state index contributed by atoms with van der Waals surface area (Å²) in [5.74, 6) is 1.38. The standard InChI is InChI=1S/C17H28N6O/c1-11(2)10-22-8-7-18-15(22)9-19-17(24)20-16-13(5)21-23(12(3)4)14(16)6/h7-8,11-12H,9-10H2,1-6H3,(H2,19,20,24). The third-order valence-electron chi connectivity index (χ3n) is 3.82. The summed E-state index contributed by atoms with van der Waals surface area (Å²) in [6, 6.07) is 0.00873. The lowest BCUT2D eigenvalue weighted by atomic mass is 10.2. The summed E-state index contributed by atoms with van der Waals surface area (Å²) < 4.78 is 3.98. The highest BCUT2D eigenvalue weighted by atomic mass is 16.2. The van der Waals surface area contributed by atoms with Gasteiger partial charge in [0.15, 0.2) is 0 Å². The lowest BCUT2D eigenvalue weighted by Crippen LogP contribution is -2.30. The van der Waals surface area contributed by atoms with Gasteiger partial charge in [-0.1, -0.05) is 13.8 Å². The smallest absolute Gasteiger partial charge is 0.319 e. The van der Waals surface area contributed by atoms with Gasteiger partial charge in [-0.15, -0.1) is 0 Å². The first kappa shape index (κ1) is 18.0. The van der Waals surface area contributed by atoms with E-state index in [9.17, 15) is 4.79 Å². The third-order valence-corrected chi connectivity index (χ3v) is 3.82. The minimum absolute atomic E-state index is 0.247. The molecule has 0 fully saturated rings. The second-order valence-corrected chi connectivity index (χ2v) is 6.78. The maximum absolute atomic E-state index is 12.2. The van der Waals surface area contributed by atoms with Crippen LogP contribution in [0.25, 0.3) is 0 Å². The minimum Gasteiger partial charge on any atom is -0.333 e. The van der Waals surface area contributed by atoms with Crippen LogP contribution >= 0.6 is 0 Å². The van der Waals surface area contributed by atoms with E-state index in [1.807, 2.05) is 24.7 Å². The number of urea groups is 1. The average Bonchev–Trinajstić information content (AvgIpc) is 3.03. The number of amides is 2. The molecule has 7 nitrogen and oxygen atoms in total. The number of anilines is 1. The van der Waals surface area contributed by atoms with Gasteiger partial charge in [0.2, 0.25) is 0 Å². The molecule has 2 aromatic heterocycles. The lowest BCUT2D eigenvalue weighted by Gasteiger charge is -2.12. The van der Waals surface area contributed by atoms with Gasteiger partial charge >= 0.3 is 6.03 Å². The van der Waals surface area contributed by atoms with Gasteiger partial charge in [0.1, 0.15) is 5.82 Å². The van der Waals surface area contributed by atoms with Gasteiger partial charge in [0.25, 0.3) is 0 Å². The second-order valence-electron chi connectivity index (χ2n) is 6.78. The predicted octanol–water partition coefficient (Wildman–Crippen LogP) is 3.26. The molecule has 0 bridgehead atoms. The molecule has 0 aromatic carbocycles. The van der Waals surface area contributed by atoms with E-state index in [4.69, 9.17) is 0 Å². The molecule has 7 heteroatoms. The fourth-order valence-corrected chi connectivity index (χ4v) is 2.73. The number of imidazole rings is 1. The molecular weight excluding hydrogens is 304 g/mol. The molecule has 2 N–H and O–H groups in total. The van der Waals surface area contributed by atoms with Crippen LogP contribution in [0, 0.1) is 19.8 Å². The molecule has 0 aliphatic carbocycles. The molecule has 0 aliphatic rings. The van der Waals surface area contributed by atoms with Crippen molar-refractivity contribution in [2.24, 2.45) is 5.92 Å². The molecule has 2 amide bonds. The maximum Gasteiger partial charge on any atom is 0.319 e. The molecule has 0 atom stereocenters. The molecule has 0 saturated carbocycles. The Morgan fingerprint density at radius 1 is 1.25 bits per heavy atom. The largest absolute Gasteiger partial charge is 0.333 e. The summed E-state index contributed by atoms with van der Waals surface area (Å²) in [6.45, 7) is 13.6. The van der Waals surface area contributed by atoms with Gasteiger partial charge in [0.05, 0.1) is 23.6 Å². The van der Waals surface area contributed by atoms with Crippen molar-refractivity contribution in [1.29, 1.82) is 0 Å². The molecule has 24 heavy (non-hydrogen) atoms. The topological polar surface area (TPSA) is 76.8 Å². The van der Waals surface area contributed by atoms with Crippen molar-refractivity contribution in [2.75, 3.05) is 5.32 Å². The van der Waals surface area contributed by atoms with E-state index >= 15 is 0 Å². The zero-order valence-electron chi connectivity index (χ0n) is 15.4. The van der Waals surface area contributed by atoms with E-state index < -0.39 is 0 Å². The van der Waals surface area contributed by atoms with E-state index in [-0.39, 0.29) is 12.1 Å². The molecule has 0 spiro atoms. The van der Waals surface area contributed by atoms with Crippen molar-refractivity contribution in [1.82, 2.24) is 24.6 Å². The summed E-state index contributed by atoms with van der Waals surface area (Å²) in [6.07, 6.45) is 3.70. The first-order valence-corrected chi connectivity index (χ1v) is 8.40. The lowest BCUT2D eigenvalue weighted by molar-refractivity contribution is 0.251. The van der Waals surface area contributed by atoms with E-state index in [1.165, 1.54) is 0 Å². The Bertz CT molecular complexity index is 698. The summed E-state index contributed by atoms with van der Waals surface area (Å²) in [5.41, 5.74) is 2.54. The summed E-state index contributed by atoms with van der Waals surface area (Å²) in [5, 5.41) is 10.3. The van der Waals surface area contributed by atoms with Crippen LogP contribution < -0.4 is 10.6 Å². The second kappa shape index (κ2) is 7.51. The molecule has 2 aromatic rings. The highest BCUT2D eigenvalue weighted by molar-refractivity contribution is 5.90. The monoisotopic (exact) mass is 332 g/mol. The third kappa shape index (κ3) is 4.15. The van der Waals surface area contributed by atoms with Crippen molar-refractivity contribution in [3.63, 3.8) is 0 Å². The molecule has 0 unspecified atom stereocenters. The quantitative estimate of drug-likeness (QED) is 0.852. The normalized spacial score (nSPS) is 11.3. The van der Waals surface area contributed by atoms with Gasteiger partial charge in [-0.3, -0.25) is 4.68 Å². The number of hydrogen-bond acceptors (Lipinski definition) is 3. The molecule has 132 valence electrons. The summed E-state index contributed by atoms with van der Waals surface area (Å²) >= 11 is 0. The van der Waals surface area contributed by atoms with Crippen molar-refractivity contribution in [3.05, 3.63) is 29.6 Å². The van der Waals surface area contributed by atoms with Gasteiger partial charge in [0, 0.05) is 25.0 Å². The number of aromatic nitrogens is 4. The van der Waals surface area contributed by atoms with Crippen molar-refractivity contribution < 1.29 is 4.79 Å². The van der Waals surface area contributed by atoms with E-state index in [0.717, 1.165) is 29.4 Å². The maximum atomic E-state index is 12.2. The zero-order valence-corrected chi connectivity index (χ0v) is 15.4. The summed E-state index contributed by atoms with van der Waals surface area (Å²) in [7, 11) is 0. The Morgan fingerprint density at radius 3 is 2.54 bits per heavy atom. The fourth-order valence-electron chi connectivity index (χ4n) is 2.73. The van der Waals surface area contributed by atoms with Crippen molar-refractivity contribution in [2.45, 2.75) is 60.7 Å². The Labute approximate surface area is 143 Å². The molecule has 2 rings (SSSR count). The fraction of sp³-hybridized carbons (Fsp3) is 0.588. The van der Waals surface area contributed by atoms with Crippen LogP contribution in [0.15, 0.2) is 12.4 Å². The minimum atomic E-state index is -0.247. The van der Waals surface area contributed by atoms with Crippen molar-refractivity contribution >= 4 is 11.7 Å². The Kier molecular flexibility index (Phi) is 5.64. The molecule has 0 saturated heterocycles. The number of nitrogens with zero attached hydrogens (tertiary/aromatic N) is 4. The van der Waals surface area contributed by atoms with Gasteiger partial charge in [-0.25, -0.2) is 9.78 Å². The van der Waals surface area contributed by atoms with E-state index in [0.29, 0.717) is 12.5 Å². The van der Waals surface area contributed by atoms with E-state index in [2.05, 4.69) is 53.0 Å². The highest BCUT2D eigenvalue weighted by Crippen LogP contribution is 2.22. The van der Waals surface area contributed by atoms with Crippen LogP contribution in [-0.4, -0.2) is 25.4 Å². The number of carbonyl (C=O) groups excluding carboxylic acids is 1. The molecule has 2 heterocycles. The molecule has 0 aliphatic heterocycles. The van der Waals surface area contributed by atoms with Crippen LogP contribution in [0.5, 0.6) is 0 Å². The molecular formula is C17H28N6O. The van der Waals surface area contributed by atoms with Crippen LogP contribution in [0.1, 0.15) is 50.9 Å². The van der Waals surface area contributed by atoms with Gasteiger partial charge in [-0.05, 0) is 33.6 Å². The zero-order chi connectivity index (χ0) is 17.9. The average molecular weight is 332 g/mol. The molecule has 0 radical (unpaired) electrons. The Morgan fingerprint density at radius 2 is 1.96 bits per heavy atom. The number of rotatable bonds is 6. The van der Waals surface area contributed by atoms with Crippen molar-refractivity contribution in [3.8, 4) is 0 Å². The number of carbonyl (C=O) groups is 1.